The molecule has 0 atom stereocenters. The summed E-state index contributed by atoms with van der Waals surface area (Å²) in [5.74, 6) is -1.12. The fourth-order valence-corrected chi connectivity index (χ4v) is 2.17. The fourth-order valence-electron chi connectivity index (χ4n) is 2.17. The van der Waals surface area contributed by atoms with Crippen LogP contribution < -0.4 is 5.56 Å². The Morgan fingerprint density at radius 1 is 1.33 bits per heavy atom. The first-order valence-corrected chi connectivity index (χ1v) is 6.79. The van der Waals surface area contributed by atoms with E-state index in [1.165, 1.54) is 11.0 Å². The Morgan fingerprint density at radius 3 is 2.48 bits per heavy atom. The van der Waals surface area contributed by atoms with E-state index in [1.54, 1.807) is 31.5 Å². The maximum atomic E-state index is 12.4. The molecule has 21 heavy (non-hydrogen) atoms. The van der Waals surface area contributed by atoms with Gasteiger partial charge < -0.3 is 14.6 Å². The van der Waals surface area contributed by atoms with Crippen molar-refractivity contribution >= 4 is 11.9 Å². The summed E-state index contributed by atoms with van der Waals surface area (Å²) in [6.07, 6.45) is -0.0946. The van der Waals surface area contributed by atoms with E-state index in [-0.39, 0.29) is 31.0 Å². The topological polar surface area (TPSA) is 79.6 Å². The van der Waals surface area contributed by atoms with Crippen LogP contribution in [0.25, 0.3) is 0 Å². The number of carbonyl (C=O) groups is 2. The van der Waals surface area contributed by atoms with Crippen molar-refractivity contribution in [2.45, 2.75) is 33.7 Å². The average Bonchev–Trinajstić information content (AvgIpc) is 2.39. The first kappa shape index (κ1) is 16.9. The van der Waals surface area contributed by atoms with E-state index in [1.807, 2.05) is 13.0 Å². The zero-order valence-electron chi connectivity index (χ0n) is 12.9. The molecule has 0 aliphatic rings. The Kier molecular flexibility index (Phi) is 5.29. The second-order valence-corrected chi connectivity index (χ2v) is 5.85. The molecule has 1 heterocycles. The third-order valence-corrected chi connectivity index (χ3v) is 3.41. The summed E-state index contributed by atoms with van der Waals surface area (Å²) >= 11 is 0. The van der Waals surface area contributed by atoms with Crippen molar-refractivity contribution < 1.29 is 14.7 Å². The molecule has 6 heteroatoms. The van der Waals surface area contributed by atoms with E-state index in [0.29, 0.717) is 0 Å². The number of aryl methyl sites for hydroxylation is 1. The Morgan fingerprint density at radius 2 is 1.95 bits per heavy atom. The van der Waals surface area contributed by atoms with Crippen molar-refractivity contribution in [1.82, 2.24) is 9.47 Å². The van der Waals surface area contributed by atoms with Crippen LogP contribution >= 0.6 is 0 Å². The molecule has 0 spiro atoms. The number of carbonyl (C=O) groups excluding carboxylic acids is 1. The van der Waals surface area contributed by atoms with Crippen molar-refractivity contribution in [3.05, 3.63) is 34.2 Å². The lowest BCUT2D eigenvalue weighted by Gasteiger charge is -2.30. The zero-order valence-corrected chi connectivity index (χ0v) is 12.9. The minimum atomic E-state index is -0.942. The minimum Gasteiger partial charge on any atom is -0.481 e. The van der Waals surface area contributed by atoms with Gasteiger partial charge in [0.15, 0.2) is 0 Å². The van der Waals surface area contributed by atoms with Gasteiger partial charge in [0.25, 0.3) is 5.56 Å². The van der Waals surface area contributed by atoms with Gasteiger partial charge in [0.2, 0.25) is 5.91 Å². The molecule has 0 saturated heterocycles. The van der Waals surface area contributed by atoms with Crippen LogP contribution in [0.15, 0.2) is 23.0 Å². The number of hydrogen-bond donors (Lipinski definition) is 1. The van der Waals surface area contributed by atoms with Crippen LogP contribution in [0.4, 0.5) is 0 Å². The number of aliphatic carboxylic acids is 1. The van der Waals surface area contributed by atoms with Crippen molar-refractivity contribution in [2.75, 3.05) is 13.6 Å². The maximum absolute atomic E-state index is 12.4. The highest BCUT2D eigenvalue weighted by molar-refractivity contribution is 5.82. The Bertz CT molecular complexity index is 590. The molecular weight excluding hydrogens is 272 g/mol. The van der Waals surface area contributed by atoms with E-state index in [0.717, 1.165) is 5.69 Å². The summed E-state index contributed by atoms with van der Waals surface area (Å²) in [5.41, 5.74) is -0.149. The molecule has 6 nitrogen and oxygen atoms in total. The van der Waals surface area contributed by atoms with E-state index in [9.17, 15) is 14.4 Å². The number of amides is 1. The maximum Gasteiger partial charge on any atom is 0.305 e. The summed E-state index contributed by atoms with van der Waals surface area (Å²) in [4.78, 5) is 36.3. The van der Waals surface area contributed by atoms with E-state index < -0.39 is 11.4 Å². The highest BCUT2D eigenvalue weighted by Gasteiger charge is 2.31. The minimum absolute atomic E-state index is 0.0946. The molecule has 116 valence electrons. The molecule has 1 N–H and O–H groups in total. The summed E-state index contributed by atoms with van der Waals surface area (Å²) < 4.78 is 1.56. The number of carboxylic acid groups (broad SMARTS) is 1. The van der Waals surface area contributed by atoms with Gasteiger partial charge in [-0.3, -0.25) is 14.4 Å². The van der Waals surface area contributed by atoms with Crippen LogP contribution in [0, 0.1) is 12.3 Å². The third kappa shape index (κ3) is 4.44. The van der Waals surface area contributed by atoms with Crippen molar-refractivity contribution in [3.63, 3.8) is 0 Å². The molecule has 0 aliphatic carbocycles. The van der Waals surface area contributed by atoms with E-state index in [4.69, 9.17) is 5.11 Å². The van der Waals surface area contributed by atoms with E-state index >= 15 is 0 Å². The van der Waals surface area contributed by atoms with Crippen molar-refractivity contribution in [3.8, 4) is 0 Å². The van der Waals surface area contributed by atoms with Gasteiger partial charge in [0, 0.05) is 31.9 Å². The lowest BCUT2D eigenvalue weighted by atomic mass is 9.91. The van der Waals surface area contributed by atoms with Gasteiger partial charge in [-0.25, -0.2) is 0 Å². The smallest absolute Gasteiger partial charge is 0.305 e. The molecule has 1 aromatic heterocycles. The van der Waals surface area contributed by atoms with Gasteiger partial charge in [-0.1, -0.05) is 6.07 Å². The first-order chi connectivity index (χ1) is 9.65. The molecule has 1 rings (SSSR count). The molecule has 0 aromatic carbocycles. The van der Waals surface area contributed by atoms with Gasteiger partial charge in [-0.2, -0.15) is 0 Å². The SMILES string of the molecule is Cc1cccc(=O)n1CC(C)(C)C(=O)N(C)CCC(=O)O. The van der Waals surface area contributed by atoms with Gasteiger partial charge in [0.05, 0.1) is 11.8 Å². The lowest BCUT2D eigenvalue weighted by molar-refractivity contribution is -0.142. The predicted octanol–water partition coefficient (Wildman–Crippen LogP) is 1.12. The normalized spacial score (nSPS) is 11.2. The van der Waals surface area contributed by atoms with E-state index in [2.05, 4.69) is 0 Å². The average molecular weight is 294 g/mol. The van der Waals surface area contributed by atoms with Crippen molar-refractivity contribution in [1.29, 1.82) is 0 Å². The molecule has 0 aliphatic heterocycles. The molecule has 0 unspecified atom stereocenters. The molecular formula is C15H22N2O4. The standard InChI is InChI=1S/C15H22N2O4/c1-11-6-5-7-12(18)17(11)10-15(2,3)14(21)16(4)9-8-13(19)20/h5-7H,8-10H2,1-4H3,(H,19,20). The van der Waals surface area contributed by atoms with Crippen LogP contribution in [0.1, 0.15) is 26.0 Å². The van der Waals surface area contributed by atoms with Crippen LogP contribution in [0.2, 0.25) is 0 Å². The number of pyridine rings is 1. The number of nitrogens with zero attached hydrogens (tertiary/aromatic N) is 2. The van der Waals surface area contributed by atoms with Crippen LogP contribution in [0.3, 0.4) is 0 Å². The van der Waals surface area contributed by atoms with Gasteiger partial charge in [-0.05, 0) is 26.8 Å². The highest BCUT2D eigenvalue weighted by atomic mass is 16.4. The van der Waals surface area contributed by atoms with Crippen molar-refractivity contribution in [2.24, 2.45) is 5.41 Å². The second-order valence-electron chi connectivity index (χ2n) is 5.85. The largest absolute Gasteiger partial charge is 0.481 e. The van der Waals surface area contributed by atoms with Crippen LogP contribution in [0.5, 0.6) is 0 Å². The molecule has 1 amide bonds. The molecule has 0 radical (unpaired) electrons. The number of rotatable bonds is 6. The second kappa shape index (κ2) is 6.56. The van der Waals surface area contributed by atoms with Gasteiger partial charge in [-0.15, -0.1) is 0 Å². The Balaban J connectivity index is 2.87. The number of aromatic nitrogens is 1. The Labute approximate surface area is 124 Å². The third-order valence-electron chi connectivity index (χ3n) is 3.41. The van der Waals surface area contributed by atoms with Crippen LogP contribution in [-0.2, 0) is 16.1 Å². The zero-order chi connectivity index (χ0) is 16.2. The van der Waals surface area contributed by atoms with Gasteiger partial charge >= 0.3 is 5.97 Å². The molecule has 0 bridgehead atoms. The molecule has 1 aromatic rings. The van der Waals surface area contributed by atoms with Crippen LogP contribution in [-0.4, -0.2) is 40.0 Å². The summed E-state index contributed by atoms with van der Waals surface area (Å²) in [6.45, 7) is 5.74. The Hall–Kier alpha value is -2.11. The summed E-state index contributed by atoms with van der Waals surface area (Å²) in [7, 11) is 1.58. The lowest BCUT2D eigenvalue weighted by Crippen LogP contribution is -2.43. The quantitative estimate of drug-likeness (QED) is 0.852. The summed E-state index contributed by atoms with van der Waals surface area (Å²) in [5, 5.41) is 8.67. The highest BCUT2D eigenvalue weighted by Crippen LogP contribution is 2.21. The number of carboxylic acids is 1. The first-order valence-electron chi connectivity index (χ1n) is 6.79. The molecule has 0 saturated carbocycles. The fraction of sp³-hybridized carbons (Fsp3) is 0.533. The summed E-state index contributed by atoms with van der Waals surface area (Å²) in [6, 6.07) is 4.96. The van der Waals surface area contributed by atoms with Gasteiger partial charge in [0.1, 0.15) is 0 Å². The monoisotopic (exact) mass is 294 g/mol. The number of hydrogen-bond acceptors (Lipinski definition) is 3. The predicted molar refractivity (Wildman–Crippen MR) is 79.1 cm³/mol. The molecule has 0 fully saturated rings.